The van der Waals surface area contributed by atoms with Crippen molar-refractivity contribution in [3.8, 4) is 5.88 Å². The predicted octanol–water partition coefficient (Wildman–Crippen LogP) is 2.23. The van der Waals surface area contributed by atoms with Crippen LogP contribution in [0.5, 0.6) is 5.88 Å². The molecular weight excluding hydrogens is 319 g/mol. The lowest BCUT2D eigenvalue weighted by molar-refractivity contribution is 0.398. The first kappa shape index (κ1) is 11.1. The van der Waals surface area contributed by atoms with Crippen LogP contribution in [0.2, 0.25) is 0 Å². The summed E-state index contributed by atoms with van der Waals surface area (Å²) in [6.45, 7) is 0. The average Bonchev–Trinajstić information content (AvgIpc) is 2.33. The van der Waals surface area contributed by atoms with E-state index in [9.17, 15) is 0 Å². The van der Waals surface area contributed by atoms with E-state index in [-0.39, 0.29) is 0 Å². The minimum absolute atomic E-state index is 0.586. The highest BCUT2D eigenvalue weighted by atomic mass is 127. The van der Waals surface area contributed by atoms with Crippen LogP contribution in [0.4, 0.5) is 11.5 Å². The molecule has 6 heteroatoms. The van der Waals surface area contributed by atoms with Gasteiger partial charge in [0.25, 0.3) is 0 Å². The van der Waals surface area contributed by atoms with Crippen molar-refractivity contribution in [3.63, 3.8) is 0 Å². The molecule has 0 aromatic carbocycles. The van der Waals surface area contributed by atoms with Crippen molar-refractivity contribution < 1.29 is 4.74 Å². The predicted molar refractivity (Wildman–Crippen MR) is 68.8 cm³/mol. The van der Waals surface area contributed by atoms with Crippen molar-refractivity contribution in [2.45, 2.75) is 0 Å². The molecule has 0 saturated carbocycles. The monoisotopic (exact) mass is 328 g/mol. The third kappa shape index (κ3) is 2.57. The zero-order chi connectivity index (χ0) is 11.4. The van der Waals surface area contributed by atoms with Gasteiger partial charge in [0.2, 0.25) is 5.88 Å². The normalized spacial score (nSPS) is 9.88. The molecule has 0 fully saturated rings. The molecule has 0 amide bonds. The number of ether oxygens (including phenoxy) is 1. The van der Waals surface area contributed by atoms with E-state index in [2.05, 4.69) is 42.9 Å². The summed E-state index contributed by atoms with van der Waals surface area (Å²) in [6, 6.07) is 3.67. The summed E-state index contributed by atoms with van der Waals surface area (Å²) >= 11 is 2.17. The van der Waals surface area contributed by atoms with E-state index in [1.807, 2.05) is 6.07 Å². The molecular formula is C10H9IN4O. The maximum Gasteiger partial charge on any atom is 0.213 e. The number of hydrogen-bond donors (Lipinski definition) is 1. The Morgan fingerprint density at radius 1 is 1.25 bits per heavy atom. The zero-order valence-electron chi connectivity index (χ0n) is 8.51. The summed E-state index contributed by atoms with van der Waals surface area (Å²) in [7, 11) is 1.59. The molecule has 0 aliphatic carbocycles. The highest BCUT2D eigenvalue weighted by molar-refractivity contribution is 14.1. The van der Waals surface area contributed by atoms with Crippen LogP contribution in [0.25, 0.3) is 0 Å². The van der Waals surface area contributed by atoms with Crippen molar-refractivity contribution in [1.29, 1.82) is 0 Å². The number of methoxy groups -OCH3 is 1. The van der Waals surface area contributed by atoms with E-state index in [1.165, 1.54) is 6.33 Å². The number of anilines is 2. The fourth-order valence-electron chi connectivity index (χ4n) is 1.12. The lowest BCUT2D eigenvalue weighted by Gasteiger charge is -2.06. The minimum Gasteiger partial charge on any atom is -0.481 e. The van der Waals surface area contributed by atoms with Gasteiger partial charge in [0, 0.05) is 12.3 Å². The van der Waals surface area contributed by atoms with Gasteiger partial charge in [0.05, 0.1) is 22.6 Å². The zero-order valence-corrected chi connectivity index (χ0v) is 10.7. The number of hydrogen-bond acceptors (Lipinski definition) is 5. The highest BCUT2D eigenvalue weighted by Gasteiger charge is 2.01. The van der Waals surface area contributed by atoms with Crippen LogP contribution in [-0.2, 0) is 0 Å². The SMILES string of the molecule is COc1ccc(Nc2ncncc2I)cn1. The summed E-state index contributed by atoms with van der Waals surface area (Å²) in [5, 5.41) is 3.15. The van der Waals surface area contributed by atoms with Crippen molar-refractivity contribution in [2.75, 3.05) is 12.4 Å². The Hall–Kier alpha value is -1.44. The Bertz CT molecular complexity index is 475. The maximum absolute atomic E-state index is 4.98. The average molecular weight is 328 g/mol. The summed E-state index contributed by atoms with van der Waals surface area (Å²) in [5.41, 5.74) is 0.859. The van der Waals surface area contributed by atoms with Gasteiger partial charge in [-0.3, -0.25) is 0 Å². The van der Waals surface area contributed by atoms with Gasteiger partial charge in [-0.15, -0.1) is 0 Å². The minimum atomic E-state index is 0.586. The number of pyridine rings is 1. The van der Waals surface area contributed by atoms with E-state index in [0.29, 0.717) is 5.88 Å². The number of rotatable bonds is 3. The van der Waals surface area contributed by atoms with E-state index >= 15 is 0 Å². The van der Waals surface area contributed by atoms with Gasteiger partial charge in [0.1, 0.15) is 12.1 Å². The lowest BCUT2D eigenvalue weighted by Crippen LogP contribution is -1.97. The first-order chi connectivity index (χ1) is 7.79. The van der Waals surface area contributed by atoms with Crippen LogP contribution < -0.4 is 10.1 Å². The summed E-state index contributed by atoms with van der Waals surface area (Å²) in [5.74, 6) is 1.35. The fourth-order valence-corrected chi connectivity index (χ4v) is 1.55. The molecule has 1 N–H and O–H groups in total. The third-order valence-electron chi connectivity index (χ3n) is 1.88. The molecule has 0 spiro atoms. The molecule has 2 aromatic rings. The second kappa shape index (κ2) is 5.06. The molecule has 16 heavy (non-hydrogen) atoms. The van der Waals surface area contributed by atoms with Gasteiger partial charge in [-0.05, 0) is 28.7 Å². The molecule has 0 saturated heterocycles. The van der Waals surface area contributed by atoms with Crippen molar-refractivity contribution in [3.05, 3.63) is 34.4 Å². The van der Waals surface area contributed by atoms with Gasteiger partial charge in [-0.1, -0.05) is 0 Å². The van der Waals surface area contributed by atoms with Crippen molar-refractivity contribution in [1.82, 2.24) is 15.0 Å². The first-order valence-corrected chi connectivity index (χ1v) is 5.60. The third-order valence-corrected chi connectivity index (χ3v) is 2.67. The molecule has 5 nitrogen and oxygen atoms in total. The van der Waals surface area contributed by atoms with Crippen LogP contribution in [0, 0.1) is 3.57 Å². The number of halogens is 1. The second-order valence-electron chi connectivity index (χ2n) is 2.93. The van der Waals surface area contributed by atoms with Gasteiger partial charge in [-0.25, -0.2) is 15.0 Å². The van der Waals surface area contributed by atoms with Gasteiger partial charge < -0.3 is 10.1 Å². The first-order valence-electron chi connectivity index (χ1n) is 4.52. The number of nitrogens with one attached hydrogen (secondary N) is 1. The van der Waals surface area contributed by atoms with Gasteiger partial charge in [0.15, 0.2) is 0 Å². The van der Waals surface area contributed by atoms with E-state index in [0.717, 1.165) is 15.1 Å². The van der Waals surface area contributed by atoms with E-state index in [1.54, 1.807) is 25.6 Å². The van der Waals surface area contributed by atoms with Gasteiger partial charge in [-0.2, -0.15) is 0 Å². The molecule has 0 aliphatic rings. The van der Waals surface area contributed by atoms with E-state index in [4.69, 9.17) is 4.74 Å². The maximum atomic E-state index is 4.98. The molecule has 0 aliphatic heterocycles. The van der Waals surface area contributed by atoms with Crippen LogP contribution in [0.15, 0.2) is 30.9 Å². The fraction of sp³-hybridized carbons (Fsp3) is 0.100. The molecule has 0 unspecified atom stereocenters. The van der Waals surface area contributed by atoms with Crippen LogP contribution in [0.3, 0.4) is 0 Å². The molecule has 0 bridgehead atoms. The molecule has 2 heterocycles. The highest BCUT2D eigenvalue weighted by Crippen LogP contribution is 2.19. The van der Waals surface area contributed by atoms with Crippen LogP contribution in [-0.4, -0.2) is 22.1 Å². The Kier molecular flexibility index (Phi) is 3.50. The molecule has 2 rings (SSSR count). The summed E-state index contributed by atoms with van der Waals surface area (Å²) in [6.07, 6.45) is 4.94. The Labute approximate surface area is 106 Å². The molecule has 2 aromatic heterocycles. The Morgan fingerprint density at radius 3 is 2.75 bits per heavy atom. The summed E-state index contributed by atoms with van der Waals surface area (Å²) < 4.78 is 5.93. The van der Waals surface area contributed by atoms with Crippen LogP contribution in [0.1, 0.15) is 0 Å². The summed E-state index contributed by atoms with van der Waals surface area (Å²) in [4.78, 5) is 12.1. The molecule has 0 radical (unpaired) electrons. The topological polar surface area (TPSA) is 59.9 Å². The second-order valence-corrected chi connectivity index (χ2v) is 4.10. The van der Waals surface area contributed by atoms with Gasteiger partial charge >= 0.3 is 0 Å². The standard InChI is InChI=1S/C10H9IN4O/c1-16-9-3-2-7(4-13-9)15-10-8(11)5-12-6-14-10/h2-6H,1H3,(H,12,14,15). The van der Waals surface area contributed by atoms with Crippen molar-refractivity contribution in [2.24, 2.45) is 0 Å². The Balaban J connectivity index is 2.18. The number of aromatic nitrogens is 3. The Morgan fingerprint density at radius 2 is 2.12 bits per heavy atom. The molecule has 82 valence electrons. The smallest absolute Gasteiger partial charge is 0.213 e. The lowest BCUT2D eigenvalue weighted by atomic mass is 10.4. The quantitative estimate of drug-likeness (QED) is 0.876. The largest absolute Gasteiger partial charge is 0.481 e. The van der Waals surface area contributed by atoms with Crippen molar-refractivity contribution >= 4 is 34.1 Å². The molecule has 0 atom stereocenters. The van der Waals surface area contributed by atoms with E-state index < -0.39 is 0 Å². The van der Waals surface area contributed by atoms with Crippen LogP contribution >= 0.6 is 22.6 Å². The number of nitrogens with zero attached hydrogens (tertiary/aromatic N) is 3.